The van der Waals surface area contributed by atoms with Crippen LogP contribution < -0.4 is 4.74 Å². The molecule has 3 nitrogen and oxygen atoms in total. The highest BCUT2D eigenvalue weighted by molar-refractivity contribution is 6.30. The van der Waals surface area contributed by atoms with Crippen LogP contribution in [0.5, 0.6) is 5.75 Å². The fourth-order valence-electron chi connectivity index (χ4n) is 1.75. The first kappa shape index (κ1) is 15.1. The summed E-state index contributed by atoms with van der Waals surface area (Å²) in [6, 6.07) is 14.6. The molecule has 2 rings (SSSR count). The van der Waals surface area contributed by atoms with E-state index in [0.29, 0.717) is 10.8 Å². The number of hydrogen-bond donors (Lipinski definition) is 0. The second-order valence-electron chi connectivity index (χ2n) is 4.31. The Morgan fingerprint density at radius 1 is 1.14 bits per heavy atom. The molecule has 0 saturated heterocycles. The fourth-order valence-corrected chi connectivity index (χ4v) is 1.87. The third-order valence-corrected chi connectivity index (χ3v) is 3.08. The Morgan fingerprint density at radius 3 is 2.57 bits per heavy atom. The van der Waals surface area contributed by atoms with Crippen molar-refractivity contribution in [3.05, 3.63) is 70.8 Å². The third-order valence-electron chi connectivity index (χ3n) is 2.83. The monoisotopic (exact) mass is 302 g/mol. The Balaban J connectivity index is 1.92. The van der Waals surface area contributed by atoms with Crippen LogP contribution in [0.4, 0.5) is 0 Å². The molecule has 0 N–H and O–H groups in total. The van der Waals surface area contributed by atoms with Crippen molar-refractivity contribution in [3.63, 3.8) is 0 Å². The van der Waals surface area contributed by atoms with E-state index in [-0.39, 0.29) is 6.61 Å². The Bertz CT molecular complexity index is 633. The number of carbonyl (C=O) groups excluding carboxylic acids is 1. The number of hydrogen-bond acceptors (Lipinski definition) is 3. The van der Waals surface area contributed by atoms with Gasteiger partial charge in [-0.05, 0) is 29.8 Å². The summed E-state index contributed by atoms with van der Waals surface area (Å²) in [6.45, 7) is 0.215. The number of carbonyl (C=O) groups is 1. The summed E-state index contributed by atoms with van der Waals surface area (Å²) in [5.41, 5.74) is 1.71. The van der Waals surface area contributed by atoms with Crippen molar-refractivity contribution in [3.8, 4) is 5.75 Å². The molecule has 0 amide bonds. The highest BCUT2D eigenvalue weighted by Crippen LogP contribution is 2.18. The van der Waals surface area contributed by atoms with Crippen LogP contribution in [0.25, 0.3) is 6.08 Å². The molecular weight excluding hydrogens is 288 g/mol. The first-order valence-electron chi connectivity index (χ1n) is 6.41. The SMILES string of the molecule is COc1ccccc1C=CC(=O)OCc1ccc(Cl)cc1. The zero-order valence-electron chi connectivity index (χ0n) is 11.6. The van der Waals surface area contributed by atoms with Gasteiger partial charge >= 0.3 is 5.97 Å². The van der Waals surface area contributed by atoms with Gasteiger partial charge in [-0.25, -0.2) is 4.79 Å². The van der Waals surface area contributed by atoms with Gasteiger partial charge in [-0.1, -0.05) is 41.9 Å². The molecule has 0 radical (unpaired) electrons. The quantitative estimate of drug-likeness (QED) is 0.616. The Morgan fingerprint density at radius 2 is 1.86 bits per heavy atom. The van der Waals surface area contributed by atoms with Crippen LogP contribution >= 0.6 is 11.6 Å². The van der Waals surface area contributed by atoms with E-state index in [9.17, 15) is 4.79 Å². The van der Waals surface area contributed by atoms with E-state index in [1.807, 2.05) is 36.4 Å². The van der Waals surface area contributed by atoms with Gasteiger partial charge in [-0.15, -0.1) is 0 Å². The molecule has 0 aliphatic rings. The first-order chi connectivity index (χ1) is 10.2. The van der Waals surface area contributed by atoms with Gasteiger partial charge in [0.15, 0.2) is 0 Å². The first-order valence-corrected chi connectivity index (χ1v) is 6.79. The van der Waals surface area contributed by atoms with Crippen LogP contribution in [0.1, 0.15) is 11.1 Å². The van der Waals surface area contributed by atoms with Crippen LogP contribution in [-0.2, 0) is 16.1 Å². The summed E-state index contributed by atoms with van der Waals surface area (Å²) in [6.07, 6.45) is 3.05. The van der Waals surface area contributed by atoms with Gasteiger partial charge < -0.3 is 9.47 Å². The lowest BCUT2D eigenvalue weighted by molar-refractivity contribution is -0.138. The number of methoxy groups -OCH3 is 1. The topological polar surface area (TPSA) is 35.5 Å². The zero-order chi connectivity index (χ0) is 15.1. The standard InChI is InChI=1S/C17H15ClO3/c1-20-16-5-3-2-4-14(16)8-11-17(19)21-12-13-6-9-15(18)10-7-13/h2-11H,12H2,1H3. The van der Waals surface area contributed by atoms with Gasteiger partial charge in [0.05, 0.1) is 7.11 Å². The normalized spacial score (nSPS) is 10.6. The predicted molar refractivity (Wildman–Crippen MR) is 83.3 cm³/mol. The lowest BCUT2D eigenvalue weighted by Gasteiger charge is -2.04. The highest BCUT2D eigenvalue weighted by atomic mass is 35.5. The summed E-state index contributed by atoms with van der Waals surface area (Å²) < 4.78 is 10.4. The van der Waals surface area contributed by atoms with Crippen molar-refractivity contribution in [2.45, 2.75) is 6.61 Å². The molecule has 0 fully saturated rings. The van der Waals surface area contributed by atoms with E-state index in [2.05, 4.69) is 0 Å². The average Bonchev–Trinajstić information content (AvgIpc) is 2.52. The van der Waals surface area contributed by atoms with Gasteiger partial charge in [0.2, 0.25) is 0 Å². The summed E-state index contributed by atoms with van der Waals surface area (Å²) >= 11 is 5.79. The molecule has 0 unspecified atom stereocenters. The number of benzene rings is 2. The molecule has 0 bridgehead atoms. The van der Waals surface area contributed by atoms with E-state index in [1.54, 1.807) is 25.3 Å². The van der Waals surface area contributed by atoms with E-state index in [0.717, 1.165) is 11.1 Å². The maximum absolute atomic E-state index is 11.7. The van der Waals surface area contributed by atoms with Gasteiger partial charge in [-0.2, -0.15) is 0 Å². The second kappa shape index (κ2) is 7.50. The molecule has 0 spiro atoms. The van der Waals surface area contributed by atoms with Gasteiger partial charge in [-0.3, -0.25) is 0 Å². The second-order valence-corrected chi connectivity index (χ2v) is 4.75. The van der Waals surface area contributed by atoms with Crippen LogP contribution in [0.15, 0.2) is 54.6 Å². The number of halogens is 1. The summed E-state index contributed by atoms with van der Waals surface area (Å²) in [5, 5.41) is 0.654. The van der Waals surface area contributed by atoms with Crippen LogP contribution in [-0.4, -0.2) is 13.1 Å². The maximum Gasteiger partial charge on any atom is 0.331 e. The molecule has 0 aliphatic carbocycles. The fraction of sp³-hybridized carbons (Fsp3) is 0.118. The van der Waals surface area contributed by atoms with Crippen molar-refractivity contribution in [1.29, 1.82) is 0 Å². The van der Waals surface area contributed by atoms with Crippen molar-refractivity contribution < 1.29 is 14.3 Å². The third kappa shape index (κ3) is 4.65. The van der Waals surface area contributed by atoms with E-state index in [1.165, 1.54) is 6.08 Å². The van der Waals surface area contributed by atoms with E-state index in [4.69, 9.17) is 21.1 Å². The highest BCUT2D eigenvalue weighted by Gasteiger charge is 2.01. The molecule has 0 atom stereocenters. The van der Waals surface area contributed by atoms with Crippen LogP contribution in [0.2, 0.25) is 5.02 Å². The summed E-state index contributed by atoms with van der Waals surface area (Å²) in [4.78, 5) is 11.7. The molecule has 0 heterocycles. The lowest BCUT2D eigenvalue weighted by atomic mass is 10.2. The smallest absolute Gasteiger partial charge is 0.331 e. The van der Waals surface area contributed by atoms with Gasteiger partial charge in [0.1, 0.15) is 12.4 Å². The van der Waals surface area contributed by atoms with Crippen LogP contribution in [0, 0.1) is 0 Å². The van der Waals surface area contributed by atoms with Gasteiger partial charge in [0, 0.05) is 16.7 Å². The van der Waals surface area contributed by atoms with Crippen LogP contribution in [0.3, 0.4) is 0 Å². The van der Waals surface area contributed by atoms with Crippen molar-refractivity contribution in [2.75, 3.05) is 7.11 Å². The van der Waals surface area contributed by atoms with Crippen molar-refractivity contribution in [1.82, 2.24) is 0 Å². The number of esters is 1. The van der Waals surface area contributed by atoms with E-state index < -0.39 is 5.97 Å². The molecule has 2 aromatic carbocycles. The molecule has 108 valence electrons. The minimum absolute atomic E-state index is 0.215. The molecule has 21 heavy (non-hydrogen) atoms. The number of rotatable bonds is 5. The summed E-state index contributed by atoms with van der Waals surface area (Å²) in [7, 11) is 1.59. The zero-order valence-corrected chi connectivity index (χ0v) is 12.3. The minimum atomic E-state index is -0.407. The Labute approximate surface area is 128 Å². The largest absolute Gasteiger partial charge is 0.496 e. The lowest BCUT2D eigenvalue weighted by Crippen LogP contribution is -2.00. The van der Waals surface area contributed by atoms with E-state index >= 15 is 0 Å². The summed E-state index contributed by atoms with van der Waals surface area (Å²) in [5.74, 6) is 0.301. The molecular formula is C17H15ClO3. The Kier molecular flexibility index (Phi) is 5.41. The molecule has 0 aliphatic heterocycles. The maximum atomic E-state index is 11.7. The molecule has 0 saturated carbocycles. The number of para-hydroxylation sites is 1. The molecule has 0 aromatic heterocycles. The Hall–Kier alpha value is -2.26. The minimum Gasteiger partial charge on any atom is -0.496 e. The molecule has 4 heteroatoms. The predicted octanol–water partition coefficient (Wildman–Crippen LogP) is 4.11. The average molecular weight is 303 g/mol. The van der Waals surface area contributed by atoms with Crippen molar-refractivity contribution in [2.24, 2.45) is 0 Å². The molecule has 2 aromatic rings. The van der Waals surface area contributed by atoms with Gasteiger partial charge in [0.25, 0.3) is 0 Å². The number of ether oxygens (including phenoxy) is 2. The van der Waals surface area contributed by atoms with Crippen molar-refractivity contribution >= 4 is 23.6 Å².